The van der Waals surface area contributed by atoms with E-state index in [-0.39, 0.29) is 12.2 Å². The molecule has 0 heterocycles. The van der Waals surface area contributed by atoms with Crippen LogP contribution in [-0.4, -0.2) is 67.2 Å². The highest BCUT2D eigenvalue weighted by Gasteiger charge is 2.20. The fourth-order valence-corrected chi connectivity index (χ4v) is 3.84. The molecule has 0 spiro atoms. The van der Waals surface area contributed by atoms with Crippen molar-refractivity contribution < 1.29 is 42.7 Å². The molecule has 1 atom stereocenters. The van der Waals surface area contributed by atoms with Crippen LogP contribution in [0.3, 0.4) is 0 Å². The zero-order valence-corrected chi connectivity index (χ0v) is 22.9. The fourth-order valence-electron chi connectivity index (χ4n) is 3.84. The molecule has 0 aliphatic rings. The van der Waals surface area contributed by atoms with Crippen LogP contribution < -0.4 is 33.7 Å². The first kappa shape index (κ1) is 29.0. The van der Waals surface area contributed by atoms with Gasteiger partial charge in [0.15, 0.2) is 11.5 Å². The van der Waals surface area contributed by atoms with E-state index in [2.05, 4.69) is 5.32 Å². The minimum absolute atomic E-state index is 0.112. The molecule has 39 heavy (non-hydrogen) atoms. The Labute approximate surface area is 227 Å². The molecule has 1 amide bonds. The summed E-state index contributed by atoms with van der Waals surface area (Å²) in [5.74, 6) is 1.95. The summed E-state index contributed by atoms with van der Waals surface area (Å²) in [6.07, 6.45) is 0.335. The van der Waals surface area contributed by atoms with Crippen LogP contribution in [0.25, 0.3) is 0 Å². The molecule has 3 aromatic rings. The molecule has 0 radical (unpaired) electrons. The number of carbonyl (C=O) groups excluding carboxylic acids is 2. The van der Waals surface area contributed by atoms with Gasteiger partial charge in [0, 0.05) is 17.7 Å². The highest BCUT2D eigenvalue weighted by Crippen LogP contribution is 2.28. The van der Waals surface area contributed by atoms with E-state index >= 15 is 0 Å². The van der Waals surface area contributed by atoms with Gasteiger partial charge in [0.25, 0.3) is 5.91 Å². The van der Waals surface area contributed by atoms with Crippen molar-refractivity contribution in [3.63, 3.8) is 0 Å². The minimum Gasteiger partial charge on any atom is -0.497 e. The molecule has 208 valence electrons. The third kappa shape index (κ3) is 7.70. The van der Waals surface area contributed by atoms with E-state index in [4.69, 9.17) is 33.2 Å². The van der Waals surface area contributed by atoms with Crippen molar-refractivity contribution in [2.24, 2.45) is 0 Å². The van der Waals surface area contributed by atoms with Crippen LogP contribution in [0.4, 0.5) is 0 Å². The maximum Gasteiger partial charge on any atom is 0.338 e. The quantitative estimate of drug-likeness (QED) is 0.323. The number of carbonyl (C=O) groups is 2. The number of nitrogens with one attached hydrogen (secondary N) is 1. The molecule has 3 rings (SSSR count). The average Bonchev–Trinajstić information content (AvgIpc) is 2.98. The molecule has 3 aromatic carbocycles. The van der Waals surface area contributed by atoms with E-state index in [1.54, 1.807) is 62.8 Å². The monoisotopic (exact) mass is 539 g/mol. The van der Waals surface area contributed by atoms with Gasteiger partial charge in [0.05, 0.1) is 54.3 Å². The second-order valence-electron chi connectivity index (χ2n) is 8.36. The second-order valence-corrected chi connectivity index (χ2v) is 8.36. The molecular weight excluding hydrogens is 506 g/mol. The van der Waals surface area contributed by atoms with Crippen molar-refractivity contribution in [3.8, 4) is 34.5 Å². The normalized spacial score (nSPS) is 11.1. The molecule has 0 aliphatic heterocycles. The lowest BCUT2D eigenvalue weighted by Gasteiger charge is -2.20. The lowest BCUT2D eigenvalue weighted by Crippen LogP contribution is -2.40. The molecule has 10 heteroatoms. The Morgan fingerprint density at radius 2 is 1.15 bits per heavy atom. The molecule has 0 saturated heterocycles. The van der Waals surface area contributed by atoms with E-state index < -0.39 is 17.9 Å². The number of hydrogen-bond donors (Lipinski definition) is 1. The highest BCUT2D eigenvalue weighted by molar-refractivity contribution is 5.95. The summed E-state index contributed by atoms with van der Waals surface area (Å²) < 4.78 is 37.4. The fraction of sp³-hybridized carbons (Fsp3) is 0.310. The number of ether oxygens (including phenoxy) is 7. The zero-order valence-electron chi connectivity index (χ0n) is 22.9. The summed E-state index contributed by atoms with van der Waals surface area (Å²) in [5, 5.41) is 2.95. The van der Waals surface area contributed by atoms with Gasteiger partial charge in [-0.1, -0.05) is 6.07 Å². The van der Waals surface area contributed by atoms with Crippen LogP contribution in [0.2, 0.25) is 0 Å². The number of esters is 1. The summed E-state index contributed by atoms with van der Waals surface area (Å²) >= 11 is 0. The van der Waals surface area contributed by atoms with Crippen molar-refractivity contribution in [3.05, 3.63) is 71.3 Å². The van der Waals surface area contributed by atoms with Crippen molar-refractivity contribution in [1.82, 2.24) is 5.32 Å². The van der Waals surface area contributed by atoms with Gasteiger partial charge >= 0.3 is 5.97 Å². The third-order valence-electron chi connectivity index (χ3n) is 5.88. The third-order valence-corrected chi connectivity index (χ3v) is 5.88. The number of methoxy groups -OCH3 is 6. The molecule has 0 fully saturated rings. The Kier molecular flexibility index (Phi) is 10.3. The van der Waals surface area contributed by atoms with Gasteiger partial charge in [-0.2, -0.15) is 0 Å². The molecule has 1 N–H and O–H groups in total. The second kappa shape index (κ2) is 13.8. The average molecular weight is 540 g/mol. The number of rotatable bonds is 13. The Hall–Kier alpha value is -4.60. The van der Waals surface area contributed by atoms with E-state index in [1.807, 2.05) is 6.07 Å². The van der Waals surface area contributed by atoms with Gasteiger partial charge in [0.2, 0.25) is 0 Å². The number of benzene rings is 3. The Morgan fingerprint density at radius 1 is 0.641 bits per heavy atom. The van der Waals surface area contributed by atoms with E-state index in [0.29, 0.717) is 46.5 Å². The van der Waals surface area contributed by atoms with E-state index in [1.165, 1.54) is 28.4 Å². The van der Waals surface area contributed by atoms with Crippen molar-refractivity contribution >= 4 is 11.9 Å². The standard InChI is InChI=1S/C29H33NO9/c1-33-22-11-19(12-23(15-22)34-2)28(31)30-21(9-18-7-8-26(37-5)27(10-18)38-6)17-39-29(32)20-13-24(35-3)16-25(14-20)36-4/h7-8,10-16,21H,9,17H2,1-6H3,(H,30,31)/t21-/m0/s1. The number of amides is 1. The molecule has 0 aromatic heterocycles. The van der Waals surface area contributed by atoms with Gasteiger partial charge in [-0.3, -0.25) is 4.79 Å². The van der Waals surface area contributed by atoms with Crippen LogP contribution in [0.15, 0.2) is 54.6 Å². The first-order chi connectivity index (χ1) is 18.8. The summed E-state index contributed by atoms with van der Waals surface area (Å²) in [5.41, 5.74) is 1.41. The van der Waals surface area contributed by atoms with Crippen LogP contribution in [0.5, 0.6) is 34.5 Å². The maximum absolute atomic E-state index is 13.2. The Morgan fingerprint density at radius 3 is 1.64 bits per heavy atom. The summed E-state index contributed by atoms with van der Waals surface area (Å²) in [6, 6.07) is 14.5. The predicted octanol–water partition coefficient (Wildman–Crippen LogP) is 3.94. The van der Waals surface area contributed by atoms with Crippen molar-refractivity contribution in [2.45, 2.75) is 12.5 Å². The largest absolute Gasteiger partial charge is 0.497 e. The SMILES string of the molecule is COc1cc(OC)cc(C(=O)N[C@H](COC(=O)c2cc(OC)cc(OC)c2)Cc2ccc(OC)c(OC)c2)c1. The van der Waals surface area contributed by atoms with Gasteiger partial charge in [-0.25, -0.2) is 4.79 Å². The summed E-state index contributed by atoms with van der Waals surface area (Å²) in [7, 11) is 9.09. The topological polar surface area (TPSA) is 111 Å². The lowest BCUT2D eigenvalue weighted by molar-refractivity contribution is 0.0455. The smallest absolute Gasteiger partial charge is 0.338 e. The van der Waals surface area contributed by atoms with Crippen LogP contribution >= 0.6 is 0 Å². The Balaban J connectivity index is 1.85. The molecule has 0 unspecified atom stereocenters. The van der Waals surface area contributed by atoms with Crippen LogP contribution in [-0.2, 0) is 11.2 Å². The molecular formula is C29H33NO9. The predicted molar refractivity (Wildman–Crippen MR) is 144 cm³/mol. The zero-order chi connectivity index (χ0) is 28.4. The van der Waals surface area contributed by atoms with Crippen molar-refractivity contribution in [2.75, 3.05) is 49.3 Å². The van der Waals surface area contributed by atoms with E-state index in [0.717, 1.165) is 5.56 Å². The lowest BCUT2D eigenvalue weighted by atomic mass is 10.0. The molecule has 0 bridgehead atoms. The first-order valence-corrected chi connectivity index (χ1v) is 12.0. The first-order valence-electron chi connectivity index (χ1n) is 12.0. The van der Waals surface area contributed by atoms with Crippen LogP contribution in [0.1, 0.15) is 26.3 Å². The molecule has 0 aliphatic carbocycles. The minimum atomic E-state index is -0.596. The van der Waals surface area contributed by atoms with E-state index in [9.17, 15) is 9.59 Å². The van der Waals surface area contributed by atoms with Crippen LogP contribution in [0, 0.1) is 0 Å². The van der Waals surface area contributed by atoms with Crippen molar-refractivity contribution in [1.29, 1.82) is 0 Å². The van der Waals surface area contributed by atoms with Gasteiger partial charge in [0.1, 0.15) is 29.6 Å². The maximum atomic E-state index is 13.2. The highest BCUT2D eigenvalue weighted by atomic mass is 16.5. The van der Waals surface area contributed by atoms with Gasteiger partial charge < -0.3 is 38.5 Å². The Bertz CT molecular complexity index is 1250. The number of hydrogen-bond acceptors (Lipinski definition) is 9. The molecule has 10 nitrogen and oxygen atoms in total. The van der Waals surface area contributed by atoms with Gasteiger partial charge in [-0.15, -0.1) is 0 Å². The molecule has 0 saturated carbocycles. The summed E-state index contributed by atoms with van der Waals surface area (Å²) in [6.45, 7) is -0.112. The van der Waals surface area contributed by atoms with Gasteiger partial charge in [-0.05, 0) is 48.4 Å². The summed E-state index contributed by atoms with van der Waals surface area (Å²) in [4.78, 5) is 26.2.